The largest absolute Gasteiger partial charge is 0.437 e. The molecule has 1 heterocycles. The molecular formula is C13H11BrCl2N2O. The second-order valence-electron chi connectivity index (χ2n) is 3.82. The van der Waals surface area contributed by atoms with Gasteiger partial charge in [0.1, 0.15) is 5.75 Å². The van der Waals surface area contributed by atoms with Gasteiger partial charge in [-0.15, -0.1) is 0 Å². The van der Waals surface area contributed by atoms with Gasteiger partial charge in [-0.2, -0.15) is 0 Å². The van der Waals surface area contributed by atoms with Crippen LogP contribution in [-0.4, -0.2) is 12.0 Å². The molecule has 1 aromatic heterocycles. The van der Waals surface area contributed by atoms with Gasteiger partial charge in [0.05, 0.1) is 5.02 Å². The van der Waals surface area contributed by atoms with Gasteiger partial charge in [0, 0.05) is 27.8 Å². The molecule has 6 heteroatoms. The molecule has 1 N–H and O–H groups in total. The maximum Gasteiger partial charge on any atom is 0.223 e. The van der Waals surface area contributed by atoms with E-state index in [2.05, 4.69) is 26.2 Å². The minimum absolute atomic E-state index is 0.452. The molecule has 0 amide bonds. The van der Waals surface area contributed by atoms with Crippen molar-refractivity contribution < 1.29 is 4.74 Å². The number of nitrogens with one attached hydrogen (secondary N) is 1. The third-order valence-corrected chi connectivity index (χ3v) is 3.32. The van der Waals surface area contributed by atoms with Crippen LogP contribution in [0.15, 0.2) is 34.9 Å². The summed E-state index contributed by atoms with van der Waals surface area (Å²) in [6.45, 7) is 0.646. The third-order valence-electron chi connectivity index (χ3n) is 2.36. The monoisotopic (exact) mass is 360 g/mol. The zero-order chi connectivity index (χ0) is 13.8. The first-order chi connectivity index (χ1) is 9.10. The van der Waals surface area contributed by atoms with Crippen molar-refractivity contribution in [3.63, 3.8) is 0 Å². The molecule has 0 spiro atoms. The van der Waals surface area contributed by atoms with Crippen molar-refractivity contribution >= 4 is 39.1 Å². The van der Waals surface area contributed by atoms with Gasteiger partial charge >= 0.3 is 0 Å². The standard InChI is InChI=1S/C13H11BrCl2N2O/c1-17-6-8-4-9(14)7-18-13(8)19-12-3-2-10(15)5-11(12)16/h2-5,7,17H,6H2,1H3. The first kappa shape index (κ1) is 14.6. The number of hydrogen-bond acceptors (Lipinski definition) is 3. The molecule has 0 bridgehead atoms. The summed E-state index contributed by atoms with van der Waals surface area (Å²) in [5, 5.41) is 4.08. The number of benzene rings is 1. The normalized spacial score (nSPS) is 10.5. The molecule has 0 atom stereocenters. The predicted molar refractivity (Wildman–Crippen MR) is 81.2 cm³/mol. The first-order valence-electron chi connectivity index (χ1n) is 5.52. The summed E-state index contributed by atoms with van der Waals surface area (Å²) in [5.41, 5.74) is 0.933. The average Bonchev–Trinajstić information content (AvgIpc) is 2.36. The van der Waals surface area contributed by atoms with Crippen LogP contribution in [0.2, 0.25) is 10.0 Å². The summed E-state index contributed by atoms with van der Waals surface area (Å²) in [7, 11) is 1.86. The van der Waals surface area contributed by atoms with E-state index in [1.54, 1.807) is 24.4 Å². The number of hydrogen-bond donors (Lipinski definition) is 1. The topological polar surface area (TPSA) is 34.2 Å². The molecule has 1 aromatic carbocycles. The maximum absolute atomic E-state index is 6.08. The summed E-state index contributed by atoms with van der Waals surface area (Å²) in [6.07, 6.45) is 1.68. The lowest BCUT2D eigenvalue weighted by Gasteiger charge is -2.11. The van der Waals surface area contributed by atoms with Crippen molar-refractivity contribution in [3.8, 4) is 11.6 Å². The average molecular weight is 362 g/mol. The van der Waals surface area contributed by atoms with Crippen molar-refractivity contribution in [1.82, 2.24) is 10.3 Å². The summed E-state index contributed by atoms with van der Waals surface area (Å²) in [4.78, 5) is 4.25. The Morgan fingerprint density at radius 1 is 1.32 bits per heavy atom. The van der Waals surface area contributed by atoms with Crippen molar-refractivity contribution in [2.45, 2.75) is 6.54 Å². The highest BCUT2D eigenvalue weighted by Gasteiger charge is 2.10. The quantitative estimate of drug-likeness (QED) is 0.859. The molecule has 19 heavy (non-hydrogen) atoms. The van der Waals surface area contributed by atoms with E-state index in [-0.39, 0.29) is 0 Å². The zero-order valence-electron chi connectivity index (χ0n) is 10.1. The van der Waals surface area contributed by atoms with Crippen molar-refractivity contribution in [3.05, 3.63) is 50.5 Å². The van der Waals surface area contributed by atoms with Gasteiger partial charge in [-0.05, 0) is 47.2 Å². The van der Waals surface area contributed by atoms with E-state index in [9.17, 15) is 0 Å². The van der Waals surface area contributed by atoms with E-state index < -0.39 is 0 Å². The smallest absolute Gasteiger partial charge is 0.223 e. The van der Waals surface area contributed by atoms with Gasteiger partial charge in [-0.25, -0.2) is 4.98 Å². The molecule has 0 saturated carbocycles. The van der Waals surface area contributed by atoms with E-state index in [0.717, 1.165) is 10.0 Å². The Morgan fingerprint density at radius 2 is 2.11 bits per heavy atom. The molecule has 100 valence electrons. The Morgan fingerprint density at radius 3 is 2.79 bits per heavy atom. The number of halogens is 3. The van der Waals surface area contributed by atoms with Crippen LogP contribution in [-0.2, 0) is 6.54 Å². The van der Waals surface area contributed by atoms with Crippen LogP contribution in [0.1, 0.15) is 5.56 Å². The maximum atomic E-state index is 6.08. The van der Waals surface area contributed by atoms with Gasteiger partial charge in [0.15, 0.2) is 0 Å². The predicted octanol–water partition coefficient (Wildman–Crippen LogP) is 4.66. The molecule has 2 rings (SSSR count). The summed E-state index contributed by atoms with van der Waals surface area (Å²) >= 11 is 15.3. The fraction of sp³-hybridized carbons (Fsp3) is 0.154. The Kier molecular flexibility index (Phi) is 5.05. The highest BCUT2D eigenvalue weighted by molar-refractivity contribution is 9.10. The summed E-state index contributed by atoms with van der Waals surface area (Å²) < 4.78 is 6.64. The van der Waals surface area contributed by atoms with Crippen molar-refractivity contribution in [2.24, 2.45) is 0 Å². The number of nitrogens with zero attached hydrogens (tertiary/aromatic N) is 1. The Hall–Kier alpha value is -0.810. The number of pyridine rings is 1. The van der Waals surface area contributed by atoms with Crippen LogP contribution in [0.4, 0.5) is 0 Å². The molecule has 2 aromatic rings. The molecule has 0 radical (unpaired) electrons. The van der Waals surface area contributed by atoms with Crippen LogP contribution in [0, 0.1) is 0 Å². The lowest BCUT2D eigenvalue weighted by Crippen LogP contribution is -2.07. The molecule has 0 saturated heterocycles. The van der Waals surface area contributed by atoms with Crippen LogP contribution in [0.5, 0.6) is 11.6 Å². The highest BCUT2D eigenvalue weighted by Crippen LogP contribution is 2.32. The molecule has 0 aliphatic carbocycles. The third kappa shape index (κ3) is 3.83. The number of rotatable bonds is 4. The first-order valence-corrected chi connectivity index (χ1v) is 7.07. The molecular weight excluding hydrogens is 351 g/mol. The Balaban J connectivity index is 2.32. The van der Waals surface area contributed by atoms with Crippen LogP contribution < -0.4 is 10.1 Å². The van der Waals surface area contributed by atoms with E-state index >= 15 is 0 Å². The zero-order valence-corrected chi connectivity index (χ0v) is 13.2. The number of aromatic nitrogens is 1. The molecule has 0 fully saturated rings. The van der Waals surface area contributed by atoms with Crippen LogP contribution >= 0.6 is 39.1 Å². The second kappa shape index (κ2) is 6.57. The highest BCUT2D eigenvalue weighted by atomic mass is 79.9. The summed E-state index contributed by atoms with van der Waals surface area (Å²) in [5.74, 6) is 1.04. The van der Waals surface area contributed by atoms with Gasteiger partial charge < -0.3 is 10.1 Å². The Labute approximate surface area is 130 Å². The molecule has 0 aliphatic rings. The van der Waals surface area contributed by atoms with E-state index in [4.69, 9.17) is 27.9 Å². The van der Waals surface area contributed by atoms with Crippen molar-refractivity contribution in [1.29, 1.82) is 0 Å². The fourth-order valence-electron chi connectivity index (χ4n) is 1.54. The molecule has 3 nitrogen and oxygen atoms in total. The lowest BCUT2D eigenvalue weighted by molar-refractivity contribution is 0.454. The SMILES string of the molecule is CNCc1cc(Br)cnc1Oc1ccc(Cl)cc1Cl. The van der Waals surface area contributed by atoms with E-state index in [0.29, 0.717) is 28.2 Å². The summed E-state index contributed by atoms with van der Waals surface area (Å²) in [6, 6.07) is 7.02. The molecule has 0 unspecified atom stereocenters. The van der Waals surface area contributed by atoms with E-state index in [1.165, 1.54) is 0 Å². The van der Waals surface area contributed by atoms with Crippen LogP contribution in [0.25, 0.3) is 0 Å². The second-order valence-corrected chi connectivity index (χ2v) is 5.58. The van der Waals surface area contributed by atoms with Gasteiger partial charge in [0.25, 0.3) is 0 Å². The lowest BCUT2D eigenvalue weighted by atomic mass is 10.2. The minimum Gasteiger partial charge on any atom is -0.437 e. The van der Waals surface area contributed by atoms with Crippen LogP contribution in [0.3, 0.4) is 0 Å². The van der Waals surface area contributed by atoms with Gasteiger partial charge in [0.2, 0.25) is 5.88 Å². The Bertz CT molecular complexity index is 593. The molecule has 0 aliphatic heterocycles. The minimum atomic E-state index is 0.452. The van der Waals surface area contributed by atoms with Crippen molar-refractivity contribution in [2.75, 3.05) is 7.05 Å². The fourth-order valence-corrected chi connectivity index (χ4v) is 2.37. The van der Waals surface area contributed by atoms with Gasteiger partial charge in [-0.1, -0.05) is 23.2 Å². The van der Waals surface area contributed by atoms with E-state index in [1.807, 2.05) is 13.1 Å². The van der Waals surface area contributed by atoms with Gasteiger partial charge in [-0.3, -0.25) is 0 Å². The number of ether oxygens (including phenoxy) is 1.